The minimum Gasteiger partial charge on any atom is -0.335 e. The number of rotatable bonds is 5. The molecule has 1 saturated heterocycles. The van der Waals surface area contributed by atoms with Gasteiger partial charge in [0.1, 0.15) is 0 Å². The van der Waals surface area contributed by atoms with Crippen LogP contribution in [0.15, 0.2) is 0 Å². The highest BCUT2D eigenvalue weighted by Crippen LogP contribution is 2.23. The zero-order chi connectivity index (χ0) is 16.4. The highest BCUT2D eigenvalue weighted by Gasteiger charge is 2.38. The lowest BCUT2D eigenvalue weighted by molar-refractivity contribution is 0.150. The quantitative estimate of drug-likeness (QED) is 0.813. The molecule has 0 unspecified atom stereocenters. The van der Waals surface area contributed by atoms with Gasteiger partial charge in [-0.05, 0) is 32.5 Å². The summed E-state index contributed by atoms with van der Waals surface area (Å²) in [4.78, 5) is 15.9. The fourth-order valence-electron chi connectivity index (χ4n) is 2.22. The van der Waals surface area contributed by atoms with Crippen LogP contribution in [0.25, 0.3) is 0 Å². The number of carbonyl (C=O) groups excluding carboxylic acids is 1. The van der Waals surface area contributed by atoms with E-state index < -0.39 is 15.1 Å². The molecule has 2 amide bonds. The summed E-state index contributed by atoms with van der Waals surface area (Å²) >= 11 is 0. The van der Waals surface area contributed by atoms with Crippen LogP contribution in [0.2, 0.25) is 0 Å². The van der Waals surface area contributed by atoms with Crippen LogP contribution in [0.1, 0.15) is 27.2 Å². The predicted octanol–water partition coefficient (Wildman–Crippen LogP) is 0.791. The Morgan fingerprint density at radius 3 is 2.24 bits per heavy atom. The normalized spacial score (nSPS) is 18.5. The molecule has 21 heavy (non-hydrogen) atoms. The molecule has 1 heterocycles. The summed E-state index contributed by atoms with van der Waals surface area (Å²) in [7, 11) is 0.976. The molecule has 1 rings (SSSR count). The molecule has 7 heteroatoms. The van der Waals surface area contributed by atoms with Crippen molar-refractivity contribution in [1.82, 2.24) is 15.1 Å². The van der Waals surface area contributed by atoms with Gasteiger partial charge in [0.15, 0.2) is 9.84 Å². The van der Waals surface area contributed by atoms with E-state index in [-0.39, 0.29) is 17.5 Å². The Balaban J connectivity index is 2.54. The fraction of sp³-hybridized carbons (Fsp3) is 0.929. The first kappa shape index (κ1) is 18.2. The van der Waals surface area contributed by atoms with Gasteiger partial charge < -0.3 is 15.1 Å². The maximum Gasteiger partial charge on any atom is 0.317 e. The van der Waals surface area contributed by atoms with Gasteiger partial charge in [-0.3, -0.25) is 0 Å². The minimum absolute atomic E-state index is 0.0349. The summed E-state index contributed by atoms with van der Waals surface area (Å²) in [5, 5.41) is 2.65. The van der Waals surface area contributed by atoms with Crippen molar-refractivity contribution in [3.05, 3.63) is 0 Å². The SMILES string of the molecule is CN(C)CC[C@H](NC(=O)N1CC(S(C)(=O)=O)C1)C(C)(C)C. The molecule has 0 aliphatic carbocycles. The molecular formula is C14H29N3O3S. The van der Waals surface area contributed by atoms with Crippen LogP contribution in [0.5, 0.6) is 0 Å². The summed E-state index contributed by atoms with van der Waals surface area (Å²) < 4.78 is 22.8. The lowest BCUT2D eigenvalue weighted by Gasteiger charge is -2.40. The van der Waals surface area contributed by atoms with Gasteiger partial charge in [-0.2, -0.15) is 0 Å². The molecule has 0 aromatic carbocycles. The fourth-order valence-corrected chi connectivity index (χ4v) is 3.13. The molecule has 1 atom stereocenters. The van der Waals surface area contributed by atoms with Crippen LogP contribution in [0, 0.1) is 5.41 Å². The number of urea groups is 1. The van der Waals surface area contributed by atoms with Crippen molar-refractivity contribution >= 4 is 15.9 Å². The molecule has 1 fully saturated rings. The van der Waals surface area contributed by atoms with E-state index >= 15 is 0 Å². The lowest BCUT2D eigenvalue weighted by Crippen LogP contribution is -2.61. The second kappa shape index (κ2) is 6.52. The number of hydrogen-bond acceptors (Lipinski definition) is 4. The highest BCUT2D eigenvalue weighted by atomic mass is 32.2. The highest BCUT2D eigenvalue weighted by molar-refractivity contribution is 7.91. The number of likely N-dealkylation sites (tertiary alicyclic amines) is 1. The van der Waals surface area contributed by atoms with Gasteiger partial charge in [-0.15, -0.1) is 0 Å². The Bertz CT molecular complexity index is 462. The van der Waals surface area contributed by atoms with Crippen LogP contribution in [-0.4, -0.2) is 75.5 Å². The van der Waals surface area contributed by atoms with E-state index in [1.165, 1.54) is 6.26 Å². The van der Waals surface area contributed by atoms with E-state index in [9.17, 15) is 13.2 Å². The topological polar surface area (TPSA) is 69.7 Å². The van der Waals surface area contributed by atoms with Crippen molar-refractivity contribution in [2.75, 3.05) is 40.0 Å². The van der Waals surface area contributed by atoms with Gasteiger partial charge in [0.05, 0.1) is 5.25 Å². The minimum atomic E-state index is -3.04. The molecule has 0 bridgehead atoms. The van der Waals surface area contributed by atoms with E-state index in [4.69, 9.17) is 0 Å². The number of nitrogens with one attached hydrogen (secondary N) is 1. The molecule has 1 N–H and O–H groups in total. The molecule has 0 aromatic heterocycles. The molecule has 0 spiro atoms. The standard InChI is InChI=1S/C14H29N3O3S/c1-14(2,3)12(7-8-16(4)5)15-13(18)17-9-11(10-17)21(6,19)20/h11-12H,7-10H2,1-6H3,(H,15,18)/t12-/m0/s1. The number of nitrogens with zero attached hydrogens (tertiary/aromatic N) is 2. The number of sulfone groups is 1. The second-order valence-electron chi connectivity index (χ2n) is 7.32. The van der Waals surface area contributed by atoms with E-state index in [1.54, 1.807) is 4.90 Å². The van der Waals surface area contributed by atoms with Gasteiger partial charge in [0, 0.05) is 25.4 Å². The summed E-state index contributed by atoms with van der Waals surface area (Å²) in [6, 6.07) is -0.0988. The van der Waals surface area contributed by atoms with Crippen molar-refractivity contribution in [2.45, 2.75) is 38.5 Å². The van der Waals surface area contributed by atoms with Crippen LogP contribution < -0.4 is 5.32 Å². The van der Waals surface area contributed by atoms with Crippen molar-refractivity contribution in [3.63, 3.8) is 0 Å². The van der Waals surface area contributed by atoms with Gasteiger partial charge in [0.25, 0.3) is 0 Å². The average molecular weight is 319 g/mol. The van der Waals surface area contributed by atoms with E-state index in [0.29, 0.717) is 13.1 Å². The number of hydrogen-bond donors (Lipinski definition) is 1. The molecule has 0 aromatic rings. The first-order chi connectivity index (χ1) is 9.41. The van der Waals surface area contributed by atoms with Gasteiger partial charge in [-0.1, -0.05) is 20.8 Å². The summed E-state index contributed by atoms with van der Waals surface area (Å²) in [6.07, 6.45) is 2.09. The molecule has 1 aliphatic heterocycles. The van der Waals surface area contributed by atoms with Crippen LogP contribution in [0.4, 0.5) is 4.79 Å². The number of amides is 2. The summed E-state index contributed by atoms with van der Waals surface area (Å²) in [6.45, 7) is 7.80. The third-order valence-corrected chi connectivity index (χ3v) is 5.46. The Morgan fingerprint density at radius 2 is 1.86 bits per heavy atom. The van der Waals surface area contributed by atoms with Gasteiger partial charge in [0.2, 0.25) is 0 Å². The van der Waals surface area contributed by atoms with Gasteiger partial charge in [-0.25, -0.2) is 13.2 Å². The largest absolute Gasteiger partial charge is 0.335 e. The Kier molecular flexibility index (Phi) is 5.66. The van der Waals surface area contributed by atoms with Crippen molar-refractivity contribution in [3.8, 4) is 0 Å². The Labute approximate surface area is 128 Å². The second-order valence-corrected chi connectivity index (χ2v) is 9.64. The van der Waals surface area contributed by atoms with E-state index in [2.05, 4.69) is 31.0 Å². The molecule has 0 saturated carbocycles. The molecule has 0 radical (unpaired) electrons. The summed E-state index contributed by atoms with van der Waals surface area (Å²) in [5.41, 5.74) is -0.0349. The Morgan fingerprint density at radius 1 is 1.33 bits per heavy atom. The zero-order valence-corrected chi connectivity index (χ0v) is 14.8. The van der Waals surface area contributed by atoms with E-state index in [0.717, 1.165) is 13.0 Å². The third kappa shape index (κ3) is 5.47. The smallest absolute Gasteiger partial charge is 0.317 e. The predicted molar refractivity (Wildman–Crippen MR) is 85.2 cm³/mol. The number of carbonyl (C=O) groups is 1. The molecular weight excluding hydrogens is 290 g/mol. The zero-order valence-electron chi connectivity index (χ0n) is 14.0. The molecule has 1 aliphatic rings. The summed E-state index contributed by atoms with van der Waals surface area (Å²) in [5.74, 6) is 0. The molecule has 124 valence electrons. The van der Waals surface area contributed by atoms with Crippen LogP contribution >= 0.6 is 0 Å². The first-order valence-electron chi connectivity index (χ1n) is 7.30. The monoisotopic (exact) mass is 319 g/mol. The van der Waals surface area contributed by atoms with Crippen molar-refractivity contribution in [1.29, 1.82) is 0 Å². The van der Waals surface area contributed by atoms with Crippen LogP contribution in [0.3, 0.4) is 0 Å². The van der Waals surface area contributed by atoms with Gasteiger partial charge >= 0.3 is 6.03 Å². The maximum atomic E-state index is 12.2. The third-order valence-electron chi connectivity index (χ3n) is 3.95. The Hall–Kier alpha value is -0.820. The van der Waals surface area contributed by atoms with Crippen molar-refractivity contribution < 1.29 is 13.2 Å². The van der Waals surface area contributed by atoms with E-state index in [1.807, 2.05) is 14.1 Å². The molecule has 6 nitrogen and oxygen atoms in total. The lowest BCUT2D eigenvalue weighted by atomic mass is 9.84. The maximum absolute atomic E-state index is 12.2. The average Bonchev–Trinajstić information content (AvgIpc) is 2.17. The van der Waals surface area contributed by atoms with Crippen molar-refractivity contribution in [2.24, 2.45) is 5.41 Å². The van der Waals surface area contributed by atoms with Crippen LogP contribution in [-0.2, 0) is 9.84 Å². The first-order valence-corrected chi connectivity index (χ1v) is 9.25.